The monoisotopic (exact) mass is 402 g/mol. The van der Waals surface area contributed by atoms with Gasteiger partial charge in [0.25, 0.3) is 5.91 Å². The number of amides is 2. The van der Waals surface area contributed by atoms with Gasteiger partial charge in [-0.1, -0.05) is 0 Å². The first-order valence-corrected chi connectivity index (χ1v) is 9.45. The van der Waals surface area contributed by atoms with Crippen molar-refractivity contribution in [2.75, 3.05) is 47.0 Å². The Morgan fingerprint density at radius 2 is 1.72 bits per heavy atom. The van der Waals surface area contributed by atoms with Gasteiger partial charge in [-0.15, -0.1) is 0 Å². The first kappa shape index (κ1) is 20.5. The van der Waals surface area contributed by atoms with Gasteiger partial charge >= 0.3 is 6.09 Å². The van der Waals surface area contributed by atoms with E-state index in [4.69, 9.17) is 14.2 Å². The van der Waals surface area contributed by atoms with E-state index in [0.717, 1.165) is 5.56 Å². The average Bonchev–Trinajstić information content (AvgIpc) is 3.14. The molecule has 2 amide bonds. The zero-order valence-corrected chi connectivity index (χ0v) is 17.2. The summed E-state index contributed by atoms with van der Waals surface area (Å²) in [6.07, 6.45) is -0.340. The van der Waals surface area contributed by atoms with E-state index < -0.39 is 0 Å². The lowest BCUT2D eigenvalue weighted by Crippen LogP contribution is -2.51. The average molecular weight is 402 g/mol. The van der Waals surface area contributed by atoms with Crippen molar-refractivity contribution >= 4 is 12.0 Å². The Hall–Kier alpha value is -3.23. The largest absolute Gasteiger partial charge is 0.497 e. The SMILES string of the molecule is CCOC(=O)N1CCN(C(=O)c2cc(-c3cc(OC)ccc3OC)nn2C)CC1. The van der Waals surface area contributed by atoms with Gasteiger partial charge in [0.2, 0.25) is 0 Å². The van der Waals surface area contributed by atoms with Crippen molar-refractivity contribution in [2.45, 2.75) is 6.92 Å². The molecule has 0 atom stereocenters. The number of carbonyl (C=O) groups is 2. The van der Waals surface area contributed by atoms with E-state index in [2.05, 4.69) is 5.10 Å². The molecular weight excluding hydrogens is 376 g/mol. The van der Waals surface area contributed by atoms with Crippen LogP contribution in [-0.2, 0) is 11.8 Å². The molecule has 1 aliphatic rings. The number of aromatic nitrogens is 2. The maximum atomic E-state index is 13.0. The molecule has 1 fully saturated rings. The van der Waals surface area contributed by atoms with Crippen molar-refractivity contribution in [1.82, 2.24) is 19.6 Å². The van der Waals surface area contributed by atoms with Crippen molar-refractivity contribution < 1.29 is 23.8 Å². The molecule has 0 aliphatic carbocycles. The summed E-state index contributed by atoms with van der Waals surface area (Å²) in [5.74, 6) is 1.19. The van der Waals surface area contributed by atoms with Crippen LogP contribution in [-0.4, -0.2) is 78.6 Å². The molecule has 1 aliphatic heterocycles. The molecule has 0 saturated carbocycles. The number of hydrogen-bond donors (Lipinski definition) is 0. The highest BCUT2D eigenvalue weighted by molar-refractivity contribution is 5.94. The van der Waals surface area contributed by atoms with Crippen LogP contribution >= 0.6 is 0 Å². The second kappa shape index (κ2) is 8.85. The van der Waals surface area contributed by atoms with Crippen molar-refractivity contribution in [3.05, 3.63) is 30.0 Å². The van der Waals surface area contributed by atoms with E-state index in [-0.39, 0.29) is 12.0 Å². The van der Waals surface area contributed by atoms with Crippen LogP contribution in [0.4, 0.5) is 4.79 Å². The third-order valence-electron chi connectivity index (χ3n) is 4.87. The normalized spacial score (nSPS) is 13.9. The highest BCUT2D eigenvalue weighted by atomic mass is 16.6. The summed E-state index contributed by atoms with van der Waals surface area (Å²) in [7, 11) is 4.91. The highest BCUT2D eigenvalue weighted by Gasteiger charge is 2.27. The van der Waals surface area contributed by atoms with Crippen LogP contribution < -0.4 is 9.47 Å². The molecule has 0 unspecified atom stereocenters. The van der Waals surface area contributed by atoms with E-state index in [1.165, 1.54) is 0 Å². The van der Waals surface area contributed by atoms with Gasteiger partial charge in [-0.05, 0) is 31.2 Å². The van der Waals surface area contributed by atoms with Crippen LogP contribution in [0.15, 0.2) is 24.3 Å². The van der Waals surface area contributed by atoms with Gasteiger partial charge in [0.15, 0.2) is 0 Å². The molecule has 9 nitrogen and oxygen atoms in total. The van der Waals surface area contributed by atoms with E-state index in [9.17, 15) is 9.59 Å². The van der Waals surface area contributed by atoms with Crippen LogP contribution in [0.1, 0.15) is 17.4 Å². The number of nitrogens with zero attached hydrogens (tertiary/aromatic N) is 4. The van der Waals surface area contributed by atoms with Crippen LogP contribution in [0, 0.1) is 0 Å². The minimum atomic E-state index is -0.340. The summed E-state index contributed by atoms with van der Waals surface area (Å²) in [6.45, 7) is 3.89. The van der Waals surface area contributed by atoms with E-state index >= 15 is 0 Å². The Morgan fingerprint density at radius 1 is 1.03 bits per heavy atom. The lowest BCUT2D eigenvalue weighted by Gasteiger charge is -2.33. The van der Waals surface area contributed by atoms with Crippen LogP contribution in [0.5, 0.6) is 11.5 Å². The zero-order chi connectivity index (χ0) is 21.0. The molecule has 9 heteroatoms. The molecule has 2 aromatic rings. The fourth-order valence-corrected chi connectivity index (χ4v) is 3.28. The molecule has 3 rings (SSSR count). The Morgan fingerprint density at radius 3 is 2.34 bits per heavy atom. The van der Waals surface area contributed by atoms with Crippen molar-refractivity contribution in [1.29, 1.82) is 0 Å². The molecule has 1 aromatic heterocycles. The maximum Gasteiger partial charge on any atom is 0.409 e. The van der Waals surface area contributed by atoms with Gasteiger partial charge in [-0.25, -0.2) is 4.79 Å². The Bertz CT molecular complexity index is 887. The van der Waals surface area contributed by atoms with E-state index in [1.54, 1.807) is 60.9 Å². The van der Waals surface area contributed by atoms with Crippen LogP contribution in [0.2, 0.25) is 0 Å². The highest BCUT2D eigenvalue weighted by Crippen LogP contribution is 2.33. The number of rotatable bonds is 5. The van der Waals surface area contributed by atoms with Gasteiger partial charge in [0, 0.05) is 38.8 Å². The minimum absolute atomic E-state index is 0.128. The van der Waals surface area contributed by atoms with Crippen molar-refractivity contribution in [3.63, 3.8) is 0 Å². The van der Waals surface area contributed by atoms with Crippen LogP contribution in [0.25, 0.3) is 11.3 Å². The Kier molecular flexibility index (Phi) is 6.26. The summed E-state index contributed by atoms with van der Waals surface area (Å²) >= 11 is 0. The smallest absolute Gasteiger partial charge is 0.409 e. The lowest BCUT2D eigenvalue weighted by atomic mass is 10.1. The van der Waals surface area contributed by atoms with Gasteiger partial charge in [-0.2, -0.15) is 5.10 Å². The summed E-state index contributed by atoms with van der Waals surface area (Å²) in [5, 5.41) is 4.50. The fraction of sp³-hybridized carbons (Fsp3) is 0.450. The Balaban J connectivity index is 1.78. The number of methoxy groups -OCH3 is 2. The molecule has 2 heterocycles. The molecule has 0 N–H and O–H groups in total. The zero-order valence-electron chi connectivity index (χ0n) is 17.2. The second-order valence-electron chi connectivity index (χ2n) is 6.58. The molecule has 1 saturated heterocycles. The summed E-state index contributed by atoms with van der Waals surface area (Å²) in [6, 6.07) is 7.18. The van der Waals surface area contributed by atoms with Gasteiger partial charge < -0.3 is 24.0 Å². The molecule has 0 radical (unpaired) electrons. The predicted octanol–water partition coefficient (Wildman–Crippen LogP) is 2.02. The number of ether oxygens (including phenoxy) is 3. The molecule has 1 aromatic carbocycles. The Labute approximate surface area is 169 Å². The third kappa shape index (κ3) is 4.28. The number of aryl methyl sites for hydroxylation is 1. The second-order valence-corrected chi connectivity index (χ2v) is 6.58. The van der Waals surface area contributed by atoms with E-state index in [0.29, 0.717) is 55.7 Å². The van der Waals surface area contributed by atoms with E-state index in [1.807, 2.05) is 6.07 Å². The van der Waals surface area contributed by atoms with Crippen molar-refractivity contribution in [2.24, 2.45) is 7.05 Å². The fourth-order valence-electron chi connectivity index (χ4n) is 3.28. The standard InChI is InChI=1S/C20H26N4O5/c1-5-29-20(26)24-10-8-23(9-11-24)19(25)17-13-16(21-22(17)2)15-12-14(27-3)6-7-18(15)28-4/h6-7,12-13H,5,8-11H2,1-4H3. The quantitative estimate of drug-likeness (QED) is 0.761. The molecular formula is C20H26N4O5. The van der Waals surface area contributed by atoms with Gasteiger partial charge in [0.05, 0.1) is 26.5 Å². The summed E-state index contributed by atoms with van der Waals surface area (Å²) in [4.78, 5) is 28.2. The number of hydrogen-bond acceptors (Lipinski definition) is 6. The third-order valence-corrected chi connectivity index (χ3v) is 4.87. The number of piperazine rings is 1. The molecule has 156 valence electrons. The lowest BCUT2D eigenvalue weighted by molar-refractivity contribution is 0.0562. The van der Waals surface area contributed by atoms with Crippen LogP contribution in [0.3, 0.4) is 0 Å². The van der Waals surface area contributed by atoms with Gasteiger partial charge in [0.1, 0.15) is 17.2 Å². The first-order chi connectivity index (χ1) is 14.0. The summed E-state index contributed by atoms with van der Waals surface area (Å²) < 4.78 is 17.3. The molecule has 29 heavy (non-hydrogen) atoms. The predicted molar refractivity (Wildman–Crippen MR) is 106 cm³/mol. The maximum absolute atomic E-state index is 13.0. The topological polar surface area (TPSA) is 86.1 Å². The minimum Gasteiger partial charge on any atom is -0.497 e. The van der Waals surface area contributed by atoms with Gasteiger partial charge in [-0.3, -0.25) is 9.48 Å². The number of carbonyl (C=O) groups excluding carboxylic acids is 2. The van der Waals surface area contributed by atoms with Crippen molar-refractivity contribution in [3.8, 4) is 22.8 Å². The first-order valence-electron chi connectivity index (χ1n) is 9.45. The molecule has 0 bridgehead atoms. The molecule has 0 spiro atoms. The summed E-state index contributed by atoms with van der Waals surface area (Å²) in [5.41, 5.74) is 1.83. The number of benzene rings is 1.